The van der Waals surface area contributed by atoms with E-state index >= 15 is 0 Å². The summed E-state index contributed by atoms with van der Waals surface area (Å²) in [6.07, 6.45) is -4.67. The maximum absolute atomic E-state index is 13.9. The molecule has 3 aromatic carbocycles. The molecular weight excluding hydrogens is 579 g/mol. The Hall–Kier alpha value is -3.57. The first kappa shape index (κ1) is 32.0. The van der Waals surface area contributed by atoms with Crippen molar-refractivity contribution in [1.29, 1.82) is 0 Å². The van der Waals surface area contributed by atoms with Crippen LogP contribution in [0.15, 0.2) is 71.6 Å². The number of benzene rings is 3. The summed E-state index contributed by atoms with van der Waals surface area (Å²) in [6, 6.07) is 14.6. The van der Waals surface area contributed by atoms with Gasteiger partial charge in [0.05, 0.1) is 21.2 Å². The molecule has 41 heavy (non-hydrogen) atoms. The summed E-state index contributed by atoms with van der Waals surface area (Å²) in [5.74, 6) is -1.24. The minimum atomic E-state index is -4.87. The Balaban J connectivity index is 2.15. The van der Waals surface area contributed by atoms with Gasteiger partial charge in [-0.1, -0.05) is 66.0 Å². The number of nitrogens with zero attached hydrogens (tertiary/aromatic N) is 2. The van der Waals surface area contributed by atoms with E-state index in [4.69, 9.17) is 11.6 Å². The zero-order chi connectivity index (χ0) is 30.5. The molecule has 0 radical (unpaired) electrons. The van der Waals surface area contributed by atoms with Gasteiger partial charge in [-0.25, -0.2) is 8.42 Å². The molecule has 0 aliphatic rings. The largest absolute Gasteiger partial charge is 0.417 e. The monoisotopic (exact) mass is 609 g/mol. The lowest BCUT2D eigenvalue weighted by Gasteiger charge is -2.33. The van der Waals surface area contributed by atoms with Crippen molar-refractivity contribution in [2.75, 3.05) is 17.9 Å². The number of rotatable bonds is 10. The standard InChI is InChI=1S/C29H31ClF3N3O4S/c1-5-26(28(38)34-4)35(17-21-8-6-7-20(3)15-21)27(37)18-36(41(39,40)23-12-9-19(2)10-13-23)22-11-14-25(30)24(16-22)29(31,32)33/h6-16,26H,5,17-18H2,1-4H3,(H,34,38)/t26-/m0/s1. The lowest BCUT2D eigenvalue weighted by Crippen LogP contribution is -2.51. The molecule has 0 spiro atoms. The molecule has 220 valence electrons. The first-order valence-electron chi connectivity index (χ1n) is 12.7. The van der Waals surface area contributed by atoms with Crippen LogP contribution in [0.1, 0.15) is 35.6 Å². The number of likely N-dealkylation sites (N-methyl/N-ethyl adjacent to an activating group) is 1. The van der Waals surface area contributed by atoms with E-state index in [1.807, 2.05) is 19.1 Å². The third kappa shape index (κ3) is 7.59. The van der Waals surface area contributed by atoms with E-state index in [0.29, 0.717) is 15.9 Å². The number of amides is 2. The molecule has 2 amide bonds. The predicted molar refractivity (Wildman–Crippen MR) is 152 cm³/mol. The Morgan fingerprint density at radius 2 is 1.63 bits per heavy atom. The van der Waals surface area contributed by atoms with Crippen LogP contribution in [0.3, 0.4) is 0 Å². The minimum Gasteiger partial charge on any atom is -0.357 e. The fourth-order valence-electron chi connectivity index (χ4n) is 4.35. The van der Waals surface area contributed by atoms with Gasteiger partial charge in [0.1, 0.15) is 12.6 Å². The van der Waals surface area contributed by atoms with Crippen molar-refractivity contribution < 1.29 is 31.2 Å². The average Bonchev–Trinajstić information content (AvgIpc) is 2.91. The van der Waals surface area contributed by atoms with Crippen LogP contribution in [-0.2, 0) is 32.3 Å². The number of hydrogen-bond donors (Lipinski definition) is 1. The molecule has 0 aliphatic heterocycles. The molecule has 7 nitrogen and oxygen atoms in total. The summed E-state index contributed by atoms with van der Waals surface area (Å²) >= 11 is 5.80. The van der Waals surface area contributed by atoms with E-state index in [0.717, 1.165) is 23.3 Å². The van der Waals surface area contributed by atoms with E-state index in [1.54, 1.807) is 38.1 Å². The molecule has 1 atom stereocenters. The fourth-order valence-corrected chi connectivity index (χ4v) is 5.98. The van der Waals surface area contributed by atoms with Crippen LogP contribution in [0.4, 0.5) is 18.9 Å². The number of halogens is 4. The zero-order valence-corrected chi connectivity index (χ0v) is 24.6. The Kier molecular flexibility index (Phi) is 10.1. The Labute approximate surface area is 243 Å². The number of aryl methyl sites for hydroxylation is 2. The third-order valence-electron chi connectivity index (χ3n) is 6.50. The van der Waals surface area contributed by atoms with Crippen LogP contribution < -0.4 is 9.62 Å². The van der Waals surface area contributed by atoms with Crippen LogP contribution in [0, 0.1) is 13.8 Å². The minimum absolute atomic E-state index is 0.0285. The van der Waals surface area contributed by atoms with Crippen LogP contribution in [0.25, 0.3) is 0 Å². The average molecular weight is 610 g/mol. The molecule has 0 unspecified atom stereocenters. The quantitative estimate of drug-likeness (QED) is 0.318. The number of anilines is 1. The molecule has 3 aromatic rings. The predicted octanol–water partition coefficient (Wildman–Crippen LogP) is 5.72. The maximum Gasteiger partial charge on any atom is 0.417 e. The van der Waals surface area contributed by atoms with Crippen molar-refractivity contribution in [3.05, 3.63) is 94.0 Å². The summed E-state index contributed by atoms with van der Waals surface area (Å²) in [7, 11) is -3.12. The molecule has 12 heteroatoms. The van der Waals surface area contributed by atoms with Crippen LogP contribution >= 0.6 is 11.6 Å². The lowest BCUT2D eigenvalue weighted by molar-refractivity contribution is -0.140. The van der Waals surface area contributed by atoms with Gasteiger partial charge >= 0.3 is 6.18 Å². The first-order valence-corrected chi connectivity index (χ1v) is 14.5. The van der Waals surface area contributed by atoms with Crippen molar-refractivity contribution in [2.24, 2.45) is 0 Å². The zero-order valence-electron chi connectivity index (χ0n) is 23.0. The molecule has 1 N–H and O–H groups in total. The summed E-state index contributed by atoms with van der Waals surface area (Å²) in [4.78, 5) is 27.7. The fraction of sp³-hybridized carbons (Fsp3) is 0.310. The van der Waals surface area contributed by atoms with Crippen LogP contribution in [-0.4, -0.2) is 44.8 Å². The van der Waals surface area contributed by atoms with Crippen molar-refractivity contribution in [1.82, 2.24) is 10.2 Å². The highest BCUT2D eigenvalue weighted by Crippen LogP contribution is 2.38. The molecule has 0 aromatic heterocycles. The Bertz CT molecular complexity index is 1510. The van der Waals surface area contributed by atoms with E-state index in [-0.39, 0.29) is 17.9 Å². The van der Waals surface area contributed by atoms with Gasteiger partial charge < -0.3 is 10.2 Å². The van der Waals surface area contributed by atoms with Crippen molar-refractivity contribution in [3.8, 4) is 0 Å². The lowest BCUT2D eigenvalue weighted by atomic mass is 10.1. The summed E-state index contributed by atoms with van der Waals surface area (Å²) in [5.41, 5.74) is 0.714. The number of nitrogens with one attached hydrogen (secondary N) is 1. The number of hydrogen-bond acceptors (Lipinski definition) is 4. The highest BCUT2D eigenvalue weighted by atomic mass is 35.5. The normalized spacial score (nSPS) is 12.5. The van der Waals surface area contributed by atoms with Crippen LogP contribution in [0.5, 0.6) is 0 Å². The van der Waals surface area contributed by atoms with Gasteiger partial charge in [-0.3, -0.25) is 13.9 Å². The first-order chi connectivity index (χ1) is 19.2. The molecule has 0 bridgehead atoms. The second-order valence-corrected chi connectivity index (χ2v) is 11.8. The molecule has 0 fully saturated rings. The van der Waals surface area contributed by atoms with Crippen molar-refractivity contribution in [3.63, 3.8) is 0 Å². The van der Waals surface area contributed by atoms with E-state index in [1.165, 1.54) is 24.1 Å². The highest BCUT2D eigenvalue weighted by Gasteiger charge is 2.37. The maximum atomic E-state index is 13.9. The number of alkyl halides is 3. The van der Waals surface area contributed by atoms with Gasteiger partial charge in [-0.05, 0) is 56.2 Å². The van der Waals surface area contributed by atoms with Gasteiger partial charge in [0.25, 0.3) is 10.0 Å². The molecular formula is C29H31ClF3N3O4S. The molecule has 3 rings (SSSR count). The Morgan fingerprint density at radius 1 is 0.976 bits per heavy atom. The van der Waals surface area contributed by atoms with Gasteiger partial charge in [-0.2, -0.15) is 13.2 Å². The van der Waals surface area contributed by atoms with Gasteiger partial charge in [-0.15, -0.1) is 0 Å². The topological polar surface area (TPSA) is 86.8 Å². The molecule has 0 saturated carbocycles. The number of carbonyl (C=O) groups excluding carboxylic acids is 2. The van der Waals surface area contributed by atoms with E-state index < -0.39 is 56.9 Å². The molecule has 0 heterocycles. The van der Waals surface area contributed by atoms with Crippen LogP contribution in [0.2, 0.25) is 5.02 Å². The van der Waals surface area contributed by atoms with E-state index in [2.05, 4.69) is 5.32 Å². The summed E-state index contributed by atoms with van der Waals surface area (Å²) < 4.78 is 69.5. The highest BCUT2D eigenvalue weighted by molar-refractivity contribution is 7.92. The van der Waals surface area contributed by atoms with E-state index in [9.17, 15) is 31.2 Å². The summed E-state index contributed by atoms with van der Waals surface area (Å²) in [5, 5.41) is 1.90. The second kappa shape index (κ2) is 12.9. The number of sulfonamides is 1. The molecule has 0 aliphatic carbocycles. The smallest absolute Gasteiger partial charge is 0.357 e. The second-order valence-electron chi connectivity index (χ2n) is 9.54. The SMILES string of the molecule is CC[C@@H](C(=O)NC)N(Cc1cccc(C)c1)C(=O)CN(c1ccc(Cl)c(C(F)(F)F)c1)S(=O)(=O)c1ccc(C)cc1. The summed E-state index contributed by atoms with van der Waals surface area (Å²) in [6.45, 7) is 4.42. The van der Waals surface area contributed by atoms with Crippen molar-refractivity contribution >= 4 is 39.1 Å². The third-order valence-corrected chi connectivity index (χ3v) is 8.62. The number of carbonyl (C=O) groups is 2. The van der Waals surface area contributed by atoms with Crippen molar-refractivity contribution in [2.45, 2.75) is 50.9 Å². The Morgan fingerprint density at radius 3 is 2.20 bits per heavy atom. The van der Waals surface area contributed by atoms with Gasteiger partial charge in [0, 0.05) is 13.6 Å². The molecule has 0 saturated heterocycles. The van der Waals surface area contributed by atoms with Gasteiger partial charge in [0.2, 0.25) is 11.8 Å². The van der Waals surface area contributed by atoms with Gasteiger partial charge in [0.15, 0.2) is 0 Å².